The first-order valence-electron chi connectivity index (χ1n) is 15.6. The number of hydrogen-bond acceptors (Lipinski definition) is 9. The second-order valence-electron chi connectivity index (χ2n) is 11.9. The molecule has 1 aliphatic carbocycles. The van der Waals surface area contributed by atoms with Crippen LogP contribution in [0.25, 0.3) is 0 Å². The van der Waals surface area contributed by atoms with Crippen LogP contribution in [0.1, 0.15) is 40.0 Å². The van der Waals surface area contributed by atoms with Crippen LogP contribution in [0.3, 0.4) is 0 Å². The van der Waals surface area contributed by atoms with Crippen molar-refractivity contribution in [1.82, 2.24) is 20.6 Å². The van der Waals surface area contributed by atoms with Gasteiger partial charge in [-0.25, -0.2) is 13.8 Å². The number of aliphatic hydroxyl groups excluding tert-OH is 1. The number of ether oxygens (including phenoxy) is 2. The third-order valence-electron chi connectivity index (χ3n) is 8.70. The van der Waals surface area contributed by atoms with Gasteiger partial charge in [-0.2, -0.15) is 4.98 Å². The SMILES string of the molecule is C#Cc1cccc(C2(NCC(O)C(Cc3cc(F)cc(F)c3)NC(=O)c3cc(N4CCOCC4)nc(N4CCOCC4)n3)CC2)c1. The van der Waals surface area contributed by atoms with Crippen molar-refractivity contribution >= 4 is 17.7 Å². The number of benzene rings is 2. The third kappa shape index (κ3) is 7.62. The molecule has 2 aliphatic heterocycles. The van der Waals surface area contributed by atoms with Crippen molar-refractivity contribution in [2.45, 2.75) is 36.9 Å². The molecule has 2 aromatic carbocycles. The lowest BCUT2D eigenvalue weighted by Gasteiger charge is -2.31. The van der Waals surface area contributed by atoms with Crippen molar-refractivity contribution in [1.29, 1.82) is 0 Å². The monoisotopic (exact) mass is 632 g/mol. The first kappa shape index (κ1) is 31.8. The lowest BCUT2D eigenvalue weighted by Crippen LogP contribution is -2.50. The molecule has 0 radical (unpaired) electrons. The van der Waals surface area contributed by atoms with Crippen molar-refractivity contribution in [2.75, 3.05) is 69.0 Å². The lowest BCUT2D eigenvalue weighted by molar-refractivity contribution is 0.0817. The zero-order chi connectivity index (χ0) is 32.1. The van der Waals surface area contributed by atoms with Gasteiger partial charge in [0.05, 0.1) is 38.6 Å². The molecule has 1 aromatic heterocycles. The molecule has 6 rings (SSSR count). The molecule has 3 N–H and O–H groups in total. The molecular weight excluding hydrogens is 594 g/mol. The van der Waals surface area contributed by atoms with Crippen molar-refractivity contribution in [3.05, 3.63) is 82.5 Å². The molecule has 3 fully saturated rings. The highest BCUT2D eigenvalue weighted by Crippen LogP contribution is 2.45. The topological polar surface area (TPSA) is 112 Å². The summed E-state index contributed by atoms with van der Waals surface area (Å²) in [5.74, 6) is 1.66. The van der Waals surface area contributed by atoms with Gasteiger partial charge in [-0.1, -0.05) is 18.1 Å². The van der Waals surface area contributed by atoms with Crippen molar-refractivity contribution in [3.63, 3.8) is 0 Å². The van der Waals surface area contributed by atoms with Crippen LogP contribution >= 0.6 is 0 Å². The Hall–Kier alpha value is -4.15. The molecule has 3 aliphatic rings. The first-order chi connectivity index (χ1) is 22.3. The summed E-state index contributed by atoms with van der Waals surface area (Å²) >= 11 is 0. The molecule has 12 heteroatoms. The zero-order valence-corrected chi connectivity index (χ0v) is 25.6. The molecule has 2 atom stereocenters. The van der Waals surface area contributed by atoms with Crippen LogP contribution in [0, 0.1) is 24.0 Å². The van der Waals surface area contributed by atoms with Crippen molar-refractivity contribution < 1.29 is 28.2 Å². The van der Waals surface area contributed by atoms with E-state index in [4.69, 9.17) is 20.9 Å². The lowest BCUT2D eigenvalue weighted by atomic mass is 9.98. The van der Waals surface area contributed by atoms with Gasteiger partial charge >= 0.3 is 0 Å². The number of carbonyl (C=O) groups excluding carboxylic acids is 1. The minimum atomic E-state index is -1.11. The molecular formula is C34H38F2N6O4. The molecule has 2 saturated heterocycles. The Labute approximate surface area is 267 Å². The Balaban J connectivity index is 1.24. The molecule has 242 valence electrons. The number of morpholine rings is 2. The fourth-order valence-electron chi connectivity index (χ4n) is 5.95. The van der Waals surface area contributed by atoms with Crippen LogP contribution in [0.4, 0.5) is 20.5 Å². The second kappa shape index (κ2) is 14.1. The predicted octanol–water partition coefficient (Wildman–Crippen LogP) is 2.39. The van der Waals surface area contributed by atoms with Crippen LogP contribution in [-0.2, 0) is 21.4 Å². The largest absolute Gasteiger partial charge is 0.390 e. The molecule has 0 bridgehead atoms. The van der Waals surface area contributed by atoms with E-state index in [1.165, 1.54) is 12.1 Å². The molecule has 1 amide bonds. The minimum absolute atomic E-state index is 0.0133. The standard InChI is InChI=1S/C34H38F2N6O4/c1-2-23-4-3-5-25(16-23)34(6-7-34)37-22-30(43)28(19-24-17-26(35)20-27(36)18-24)38-32(44)29-21-31(41-8-12-45-13-9-41)40-33(39-29)42-10-14-46-15-11-42/h1,3-5,16-18,20-21,28,30,37,43H,6-15,19,22H2,(H,38,44). The summed E-state index contributed by atoms with van der Waals surface area (Å²) in [7, 11) is 0. The predicted molar refractivity (Wildman–Crippen MR) is 169 cm³/mol. The number of nitrogens with one attached hydrogen (secondary N) is 2. The minimum Gasteiger partial charge on any atom is -0.390 e. The summed E-state index contributed by atoms with van der Waals surface area (Å²) < 4.78 is 39.3. The number of terminal acetylenes is 1. The summed E-state index contributed by atoms with van der Waals surface area (Å²) in [6, 6.07) is 11.6. The number of carbonyl (C=O) groups is 1. The van der Waals surface area contributed by atoms with Gasteiger partial charge in [0.1, 0.15) is 23.1 Å². The summed E-state index contributed by atoms with van der Waals surface area (Å²) in [6.45, 7) is 4.63. The summed E-state index contributed by atoms with van der Waals surface area (Å²) in [5, 5.41) is 17.9. The fourth-order valence-corrected chi connectivity index (χ4v) is 5.95. The Bertz CT molecular complexity index is 1530. The Kier molecular flexibility index (Phi) is 9.75. The van der Waals surface area contributed by atoms with Gasteiger partial charge in [-0.05, 0) is 54.7 Å². The van der Waals surface area contributed by atoms with Gasteiger partial charge < -0.3 is 35.0 Å². The molecule has 1 saturated carbocycles. The number of halogens is 2. The average molecular weight is 633 g/mol. The summed E-state index contributed by atoms with van der Waals surface area (Å²) in [4.78, 5) is 27.3. The van der Waals surface area contributed by atoms with Gasteiger partial charge in [-0.15, -0.1) is 6.42 Å². The molecule has 10 nitrogen and oxygen atoms in total. The van der Waals surface area contributed by atoms with Gasteiger partial charge in [0.2, 0.25) is 5.95 Å². The van der Waals surface area contributed by atoms with E-state index in [0.29, 0.717) is 69.9 Å². The highest BCUT2D eigenvalue weighted by Gasteiger charge is 2.44. The number of nitrogens with zero attached hydrogens (tertiary/aromatic N) is 4. The maximum atomic E-state index is 14.2. The fraction of sp³-hybridized carbons (Fsp3) is 0.441. The highest BCUT2D eigenvalue weighted by molar-refractivity contribution is 5.93. The number of rotatable bonds is 11. The van der Waals surface area contributed by atoms with Gasteiger partial charge in [0.25, 0.3) is 5.91 Å². The molecule has 3 heterocycles. The van der Waals surface area contributed by atoms with E-state index in [1.807, 2.05) is 34.1 Å². The van der Waals surface area contributed by atoms with E-state index >= 15 is 0 Å². The smallest absolute Gasteiger partial charge is 0.270 e. The summed E-state index contributed by atoms with van der Waals surface area (Å²) in [5.41, 5.74) is 1.87. The normalized spacial score (nSPS) is 18.8. The van der Waals surface area contributed by atoms with Crippen molar-refractivity contribution in [3.8, 4) is 12.3 Å². The van der Waals surface area contributed by atoms with Crippen LogP contribution in [-0.4, -0.2) is 92.3 Å². The molecule has 2 unspecified atom stereocenters. The van der Waals surface area contributed by atoms with E-state index in [-0.39, 0.29) is 24.2 Å². The Morgan fingerprint density at radius 2 is 1.65 bits per heavy atom. The number of amides is 1. The van der Waals surface area contributed by atoms with Gasteiger partial charge in [0, 0.05) is 56.0 Å². The summed E-state index contributed by atoms with van der Waals surface area (Å²) in [6.07, 6.45) is 6.20. The van der Waals surface area contributed by atoms with Gasteiger partial charge in [0.15, 0.2) is 0 Å². The number of anilines is 2. The number of hydrogen-bond donors (Lipinski definition) is 3. The highest BCUT2D eigenvalue weighted by atomic mass is 19.1. The van der Waals surface area contributed by atoms with Gasteiger partial charge in [-0.3, -0.25) is 4.79 Å². The molecule has 3 aromatic rings. The molecule has 0 spiro atoms. The van der Waals surface area contributed by atoms with E-state index in [1.54, 1.807) is 6.07 Å². The second-order valence-corrected chi connectivity index (χ2v) is 11.9. The average Bonchev–Trinajstić information content (AvgIpc) is 3.88. The maximum Gasteiger partial charge on any atom is 0.270 e. The third-order valence-corrected chi connectivity index (χ3v) is 8.70. The maximum absolute atomic E-state index is 14.2. The Morgan fingerprint density at radius 1 is 0.978 bits per heavy atom. The van der Waals surface area contributed by atoms with E-state index < -0.39 is 29.7 Å². The van der Waals surface area contributed by atoms with Crippen LogP contribution < -0.4 is 20.4 Å². The number of aliphatic hydroxyl groups is 1. The quantitative estimate of drug-likeness (QED) is 0.275. The van der Waals surface area contributed by atoms with Crippen LogP contribution in [0.5, 0.6) is 0 Å². The van der Waals surface area contributed by atoms with E-state index in [2.05, 4.69) is 21.5 Å². The molecule has 46 heavy (non-hydrogen) atoms. The van der Waals surface area contributed by atoms with Crippen molar-refractivity contribution in [2.24, 2.45) is 0 Å². The van der Waals surface area contributed by atoms with E-state index in [9.17, 15) is 18.7 Å². The first-order valence-corrected chi connectivity index (χ1v) is 15.6. The zero-order valence-electron chi connectivity index (χ0n) is 25.6. The van der Waals surface area contributed by atoms with Crippen LogP contribution in [0.2, 0.25) is 0 Å². The van der Waals surface area contributed by atoms with E-state index in [0.717, 1.165) is 30.0 Å². The van der Waals surface area contributed by atoms with Crippen LogP contribution in [0.15, 0.2) is 48.5 Å². The Morgan fingerprint density at radius 3 is 2.30 bits per heavy atom. The number of aromatic nitrogens is 2.